The Labute approximate surface area is 116 Å². The monoisotopic (exact) mass is 272 g/mol. The van der Waals surface area contributed by atoms with Gasteiger partial charge in [0, 0.05) is 6.54 Å². The second-order valence-electron chi connectivity index (χ2n) is 5.18. The van der Waals surface area contributed by atoms with Crippen LogP contribution in [0, 0.1) is 5.92 Å². The van der Waals surface area contributed by atoms with Crippen LogP contribution >= 0.6 is 11.8 Å². The molecule has 0 bridgehead atoms. The normalized spacial score (nSPS) is 18.6. The molecule has 2 N–H and O–H groups in total. The van der Waals surface area contributed by atoms with Gasteiger partial charge in [-0.2, -0.15) is 11.8 Å². The quantitative estimate of drug-likeness (QED) is 0.667. The molecule has 1 heterocycles. The van der Waals surface area contributed by atoms with Crippen LogP contribution < -0.4 is 10.6 Å². The van der Waals surface area contributed by atoms with Crippen LogP contribution in [0.25, 0.3) is 0 Å². The van der Waals surface area contributed by atoms with Gasteiger partial charge in [0.05, 0.1) is 6.04 Å². The molecule has 1 atom stereocenters. The lowest BCUT2D eigenvalue weighted by Crippen LogP contribution is -2.44. The van der Waals surface area contributed by atoms with Crippen molar-refractivity contribution < 1.29 is 4.79 Å². The van der Waals surface area contributed by atoms with Crippen molar-refractivity contribution in [3.05, 3.63) is 0 Å². The summed E-state index contributed by atoms with van der Waals surface area (Å²) in [5, 5.41) is 6.37. The minimum Gasteiger partial charge on any atom is -0.355 e. The first kappa shape index (κ1) is 15.8. The maximum absolute atomic E-state index is 11.8. The Morgan fingerprint density at radius 1 is 1.33 bits per heavy atom. The maximum Gasteiger partial charge on any atom is 0.236 e. The summed E-state index contributed by atoms with van der Waals surface area (Å²) in [7, 11) is 0. The highest BCUT2D eigenvalue weighted by molar-refractivity contribution is 7.99. The molecule has 0 spiro atoms. The molecule has 0 aliphatic carbocycles. The Kier molecular flexibility index (Phi) is 8.51. The molecule has 1 amide bonds. The van der Waals surface area contributed by atoms with E-state index in [0.29, 0.717) is 0 Å². The van der Waals surface area contributed by atoms with Gasteiger partial charge in [0.25, 0.3) is 0 Å². The number of nitrogens with one attached hydrogen (secondary N) is 2. The van der Waals surface area contributed by atoms with Crippen molar-refractivity contribution in [2.24, 2.45) is 5.92 Å². The van der Waals surface area contributed by atoms with E-state index in [1.165, 1.54) is 37.2 Å². The average molecular weight is 272 g/mol. The SMILES string of the molecule is CCCCCNC(=O)C(C)NCC1CCSCC1. The molecule has 1 aliphatic rings. The van der Waals surface area contributed by atoms with Crippen molar-refractivity contribution in [1.29, 1.82) is 0 Å². The van der Waals surface area contributed by atoms with E-state index in [9.17, 15) is 4.79 Å². The molecule has 1 rings (SSSR count). The first-order chi connectivity index (χ1) is 8.74. The predicted octanol–water partition coefficient (Wildman–Crippen LogP) is 2.41. The van der Waals surface area contributed by atoms with Gasteiger partial charge in [0.2, 0.25) is 5.91 Å². The molecular weight excluding hydrogens is 244 g/mol. The zero-order valence-electron chi connectivity index (χ0n) is 11.8. The van der Waals surface area contributed by atoms with Crippen LogP contribution in [0.4, 0.5) is 0 Å². The topological polar surface area (TPSA) is 41.1 Å². The summed E-state index contributed by atoms with van der Waals surface area (Å²) in [6, 6.07) is -0.0544. The predicted molar refractivity (Wildman–Crippen MR) is 80.0 cm³/mol. The molecule has 1 fully saturated rings. The zero-order valence-corrected chi connectivity index (χ0v) is 12.7. The van der Waals surface area contributed by atoms with Crippen LogP contribution in [0.2, 0.25) is 0 Å². The van der Waals surface area contributed by atoms with Gasteiger partial charge >= 0.3 is 0 Å². The summed E-state index contributed by atoms with van der Waals surface area (Å²) >= 11 is 2.05. The summed E-state index contributed by atoms with van der Waals surface area (Å²) in [5.41, 5.74) is 0. The van der Waals surface area contributed by atoms with Crippen molar-refractivity contribution in [2.75, 3.05) is 24.6 Å². The second kappa shape index (κ2) is 9.68. The molecule has 18 heavy (non-hydrogen) atoms. The van der Waals surface area contributed by atoms with Crippen molar-refractivity contribution in [1.82, 2.24) is 10.6 Å². The van der Waals surface area contributed by atoms with Gasteiger partial charge in [-0.15, -0.1) is 0 Å². The van der Waals surface area contributed by atoms with Gasteiger partial charge in [0.15, 0.2) is 0 Å². The average Bonchev–Trinajstić information content (AvgIpc) is 2.42. The van der Waals surface area contributed by atoms with Crippen LogP contribution in [0.5, 0.6) is 0 Å². The number of amides is 1. The minimum atomic E-state index is -0.0544. The third kappa shape index (κ3) is 6.64. The van der Waals surface area contributed by atoms with Crippen molar-refractivity contribution in [2.45, 2.75) is 52.0 Å². The molecule has 3 nitrogen and oxygen atoms in total. The molecule has 0 saturated carbocycles. The molecule has 106 valence electrons. The number of carbonyl (C=O) groups is 1. The molecule has 0 aromatic carbocycles. The third-order valence-corrected chi connectivity index (χ3v) is 4.58. The summed E-state index contributed by atoms with van der Waals surface area (Å²) in [4.78, 5) is 11.8. The highest BCUT2D eigenvalue weighted by Gasteiger charge is 2.17. The lowest BCUT2D eigenvalue weighted by Gasteiger charge is -2.23. The molecular formula is C14H28N2OS. The van der Waals surface area contributed by atoms with E-state index in [-0.39, 0.29) is 11.9 Å². The lowest BCUT2D eigenvalue weighted by atomic mass is 10.0. The van der Waals surface area contributed by atoms with Crippen LogP contribution in [0.1, 0.15) is 46.0 Å². The fourth-order valence-corrected chi connectivity index (χ4v) is 3.33. The van der Waals surface area contributed by atoms with Gasteiger partial charge in [-0.25, -0.2) is 0 Å². The highest BCUT2D eigenvalue weighted by atomic mass is 32.2. The van der Waals surface area contributed by atoms with E-state index in [0.717, 1.165) is 25.4 Å². The van der Waals surface area contributed by atoms with Gasteiger partial charge in [0.1, 0.15) is 0 Å². The maximum atomic E-state index is 11.8. The van der Waals surface area contributed by atoms with Crippen LogP contribution in [0.15, 0.2) is 0 Å². The molecule has 1 aliphatic heterocycles. The Hall–Kier alpha value is -0.220. The fraction of sp³-hybridized carbons (Fsp3) is 0.929. The van der Waals surface area contributed by atoms with Crippen LogP contribution in [-0.2, 0) is 4.79 Å². The van der Waals surface area contributed by atoms with Crippen LogP contribution in [0.3, 0.4) is 0 Å². The molecule has 4 heteroatoms. The Balaban J connectivity index is 2.07. The first-order valence-corrected chi connectivity index (χ1v) is 8.48. The molecule has 1 unspecified atom stereocenters. The summed E-state index contributed by atoms with van der Waals surface area (Å²) < 4.78 is 0. The number of carbonyl (C=O) groups excluding carboxylic acids is 1. The summed E-state index contributed by atoms with van der Waals surface area (Å²) in [5.74, 6) is 3.48. The second-order valence-corrected chi connectivity index (χ2v) is 6.41. The zero-order chi connectivity index (χ0) is 13.2. The largest absolute Gasteiger partial charge is 0.355 e. The third-order valence-electron chi connectivity index (χ3n) is 3.53. The van der Waals surface area contributed by atoms with Crippen LogP contribution in [-0.4, -0.2) is 36.5 Å². The highest BCUT2D eigenvalue weighted by Crippen LogP contribution is 2.21. The Morgan fingerprint density at radius 2 is 2.06 bits per heavy atom. The number of hydrogen-bond acceptors (Lipinski definition) is 3. The van der Waals surface area contributed by atoms with E-state index >= 15 is 0 Å². The smallest absolute Gasteiger partial charge is 0.236 e. The Bertz CT molecular complexity index is 230. The summed E-state index contributed by atoms with van der Waals surface area (Å²) in [6.07, 6.45) is 6.07. The van der Waals surface area contributed by atoms with Crippen molar-refractivity contribution in [3.8, 4) is 0 Å². The lowest BCUT2D eigenvalue weighted by molar-refractivity contribution is -0.122. The van der Waals surface area contributed by atoms with Crippen molar-refractivity contribution >= 4 is 17.7 Å². The number of thioether (sulfide) groups is 1. The molecule has 0 aromatic heterocycles. The van der Waals surface area contributed by atoms with E-state index in [1.807, 2.05) is 18.7 Å². The van der Waals surface area contributed by atoms with Gasteiger partial charge in [-0.1, -0.05) is 19.8 Å². The van der Waals surface area contributed by atoms with E-state index in [1.54, 1.807) is 0 Å². The Morgan fingerprint density at radius 3 is 2.72 bits per heavy atom. The molecule has 1 saturated heterocycles. The number of rotatable bonds is 8. The molecule has 0 radical (unpaired) electrons. The molecule has 0 aromatic rings. The standard InChI is InChI=1S/C14H28N2OS/c1-3-4-5-8-15-14(17)12(2)16-11-13-6-9-18-10-7-13/h12-13,16H,3-11H2,1-2H3,(H,15,17). The first-order valence-electron chi connectivity index (χ1n) is 7.33. The van der Waals surface area contributed by atoms with E-state index < -0.39 is 0 Å². The minimum absolute atomic E-state index is 0.0544. The van der Waals surface area contributed by atoms with E-state index in [4.69, 9.17) is 0 Å². The fourth-order valence-electron chi connectivity index (χ4n) is 2.13. The van der Waals surface area contributed by atoms with Crippen molar-refractivity contribution in [3.63, 3.8) is 0 Å². The van der Waals surface area contributed by atoms with Gasteiger partial charge in [-0.05, 0) is 50.2 Å². The van der Waals surface area contributed by atoms with E-state index in [2.05, 4.69) is 17.6 Å². The summed E-state index contributed by atoms with van der Waals surface area (Å²) in [6.45, 7) is 5.95. The number of unbranched alkanes of at least 4 members (excludes halogenated alkanes) is 2. The van der Waals surface area contributed by atoms with Gasteiger partial charge in [-0.3, -0.25) is 4.79 Å². The number of hydrogen-bond donors (Lipinski definition) is 2. The van der Waals surface area contributed by atoms with Gasteiger partial charge < -0.3 is 10.6 Å².